The Kier molecular flexibility index (Phi) is 3.17. The first-order chi connectivity index (χ1) is 6.27. The molecule has 0 bridgehead atoms. The van der Waals surface area contributed by atoms with Crippen molar-refractivity contribution in [3.8, 4) is 6.07 Å². The summed E-state index contributed by atoms with van der Waals surface area (Å²) in [5.74, 6) is 0. The Morgan fingerprint density at radius 2 is 2.54 bits per heavy atom. The minimum absolute atomic E-state index is 0.0269. The van der Waals surface area contributed by atoms with Crippen molar-refractivity contribution in [3.05, 3.63) is 28.4 Å². The summed E-state index contributed by atoms with van der Waals surface area (Å²) in [6.45, 7) is 0.335. The van der Waals surface area contributed by atoms with E-state index in [-0.39, 0.29) is 12.1 Å². The summed E-state index contributed by atoms with van der Waals surface area (Å²) in [4.78, 5) is 15.2. The molecule has 0 aliphatic heterocycles. The third kappa shape index (κ3) is 2.39. The molecule has 0 atom stereocenters. The Balaban J connectivity index is 2.93. The molecule has 0 saturated heterocycles. The summed E-state index contributed by atoms with van der Waals surface area (Å²) in [7, 11) is 1.53. The summed E-state index contributed by atoms with van der Waals surface area (Å²) in [6.07, 6.45) is 1.35. The predicted molar refractivity (Wildman–Crippen MR) is 44.8 cm³/mol. The minimum Gasteiger partial charge on any atom is -0.378 e. The van der Waals surface area contributed by atoms with E-state index in [2.05, 4.69) is 4.98 Å². The lowest BCUT2D eigenvalue weighted by Crippen LogP contribution is -2.20. The molecule has 1 aromatic rings. The maximum atomic E-state index is 11.2. The van der Waals surface area contributed by atoms with Crippen molar-refractivity contribution in [3.63, 3.8) is 0 Å². The van der Waals surface area contributed by atoms with Crippen molar-refractivity contribution in [2.75, 3.05) is 7.11 Å². The first-order valence-corrected chi connectivity index (χ1v) is 3.69. The van der Waals surface area contributed by atoms with Gasteiger partial charge in [-0.2, -0.15) is 5.26 Å². The number of aromatic nitrogens is 2. The highest BCUT2D eigenvalue weighted by Crippen LogP contribution is 1.90. The van der Waals surface area contributed by atoms with Crippen LogP contribution in [0.25, 0.3) is 0 Å². The second kappa shape index (κ2) is 4.38. The molecule has 1 rings (SSSR count). The lowest BCUT2D eigenvalue weighted by molar-refractivity contribution is 0.181. The lowest BCUT2D eigenvalue weighted by atomic mass is 10.4. The standard InChI is InChI=1S/C8H9N3O2/c1-13-5-7-4-8(12)11(3-2-9)6-10-7/h4,6H,3,5H2,1H3. The van der Waals surface area contributed by atoms with Crippen LogP contribution in [0.15, 0.2) is 17.2 Å². The summed E-state index contributed by atoms with van der Waals surface area (Å²) in [5, 5.41) is 8.35. The molecule has 0 saturated carbocycles. The molecular weight excluding hydrogens is 170 g/mol. The first-order valence-electron chi connectivity index (χ1n) is 3.69. The number of hydrogen-bond acceptors (Lipinski definition) is 4. The summed E-state index contributed by atoms with van der Waals surface area (Å²) >= 11 is 0. The molecule has 0 amide bonds. The van der Waals surface area contributed by atoms with E-state index < -0.39 is 0 Å². The van der Waals surface area contributed by atoms with E-state index in [0.29, 0.717) is 12.3 Å². The Morgan fingerprint density at radius 1 is 1.77 bits per heavy atom. The summed E-state index contributed by atoms with van der Waals surface area (Å²) < 4.78 is 6.04. The van der Waals surface area contributed by atoms with E-state index >= 15 is 0 Å². The zero-order valence-electron chi connectivity index (χ0n) is 7.23. The average Bonchev–Trinajstić information content (AvgIpc) is 2.10. The molecular formula is C8H9N3O2. The molecule has 0 aliphatic carbocycles. The van der Waals surface area contributed by atoms with Gasteiger partial charge in [-0.25, -0.2) is 4.98 Å². The van der Waals surface area contributed by atoms with Crippen LogP contribution in [0.2, 0.25) is 0 Å². The van der Waals surface area contributed by atoms with Crippen molar-refractivity contribution in [1.29, 1.82) is 5.26 Å². The topological polar surface area (TPSA) is 67.9 Å². The van der Waals surface area contributed by atoms with E-state index in [1.54, 1.807) is 0 Å². The maximum absolute atomic E-state index is 11.2. The number of rotatable bonds is 3. The van der Waals surface area contributed by atoms with Crippen molar-refractivity contribution >= 4 is 0 Å². The van der Waals surface area contributed by atoms with E-state index in [1.165, 1.54) is 24.1 Å². The van der Waals surface area contributed by atoms with E-state index in [9.17, 15) is 4.79 Å². The Bertz CT molecular complexity index is 378. The van der Waals surface area contributed by atoms with Crippen molar-refractivity contribution in [1.82, 2.24) is 9.55 Å². The van der Waals surface area contributed by atoms with Gasteiger partial charge in [0.05, 0.1) is 24.7 Å². The Morgan fingerprint density at radius 3 is 3.08 bits per heavy atom. The number of hydrogen-bond donors (Lipinski definition) is 0. The third-order valence-corrected chi connectivity index (χ3v) is 1.47. The van der Waals surface area contributed by atoms with Gasteiger partial charge >= 0.3 is 0 Å². The number of nitriles is 1. The van der Waals surface area contributed by atoms with E-state index in [4.69, 9.17) is 10.00 Å². The summed E-state index contributed by atoms with van der Waals surface area (Å²) in [5.41, 5.74) is 0.338. The number of methoxy groups -OCH3 is 1. The lowest BCUT2D eigenvalue weighted by Gasteiger charge is -2.00. The third-order valence-electron chi connectivity index (χ3n) is 1.47. The molecule has 0 unspecified atom stereocenters. The largest absolute Gasteiger partial charge is 0.378 e. The fourth-order valence-corrected chi connectivity index (χ4v) is 0.885. The molecule has 0 fully saturated rings. The minimum atomic E-state index is -0.233. The smallest absolute Gasteiger partial charge is 0.254 e. The molecule has 68 valence electrons. The van der Waals surface area contributed by atoms with Crippen LogP contribution in [0.1, 0.15) is 5.69 Å². The first kappa shape index (κ1) is 9.42. The predicted octanol–water partition coefficient (Wildman–Crippen LogP) is -0.0867. The molecule has 1 heterocycles. The molecule has 13 heavy (non-hydrogen) atoms. The molecule has 0 aromatic carbocycles. The van der Waals surface area contributed by atoms with E-state index in [1.807, 2.05) is 6.07 Å². The van der Waals surface area contributed by atoms with Gasteiger partial charge in [0.15, 0.2) is 0 Å². The molecule has 0 aliphatic rings. The molecule has 0 spiro atoms. The summed E-state index contributed by atoms with van der Waals surface area (Å²) in [6, 6.07) is 3.23. The zero-order valence-corrected chi connectivity index (χ0v) is 7.23. The molecule has 5 heteroatoms. The number of nitrogens with zero attached hydrogens (tertiary/aromatic N) is 3. The van der Waals surface area contributed by atoms with Crippen LogP contribution in [-0.4, -0.2) is 16.7 Å². The fourth-order valence-electron chi connectivity index (χ4n) is 0.885. The zero-order chi connectivity index (χ0) is 9.68. The van der Waals surface area contributed by atoms with Crippen LogP contribution in [0.5, 0.6) is 0 Å². The van der Waals surface area contributed by atoms with Crippen molar-refractivity contribution < 1.29 is 4.74 Å². The van der Waals surface area contributed by atoms with Gasteiger partial charge in [-0.15, -0.1) is 0 Å². The van der Waals surface area contributed by atoms with Crippen LogP contribution in [0.4, 0.5) is 0 Å². The van der Waals surface area contributed by atoms with Crippen molar-refractivity contribution in [2.24, 2.45) is 0 Å². The van der Waals surface area contributed by atoms with Gasteiger partial charge in [0.1, 0.15) is 6.54 Å². The van der Waals surface area contributed by atoms with Gasteiger partial charge in [0, 0.05) is 13.2 Å². The van der Waals surface area contributed by atoms with Gasteiger partial charge in [-0.1, -0.05) is 0 Å². The fraction of sp³-hybridized carbons (Fsp3) is 0.375. The SMILES string of the molecule is COCc1cc(=O)n(CC#N)cn1. The number of ether oxygens (including phenoxy) is 1. The van der Waals surface area contributed by atoms with Gasteiger partial charge in [0.25, 0.3) is 5.56 Å². The van der Waals surface area contributed by atoms with Crippen LogP contribution in [0.3, 0.4) is 0 Å². The van der Waals surface area contributed by atoms with Gasteiger partial charge < -0.3 is 4.74 Å². The quantitative estimate of drug-likeness (QED) is 0.650. The highest BCUT2D eigenvalue weighted by molar-refractivity contribution is 4.98. The second-order valence-electron chi connectivity index (χ2n) is 2.44. The monoisotopic (exact) mass is 179 g/mol. The molecule has 5 nitrogen and oxygen atoms in total. The van der Waals surface area contributed by atoms with E-state index in [0.717, 1.165) is 0 Å². The normalized spacial score (nSPS) is 9.54. The second-order valence-corrected chi connectivity index (χ2v) is 2.44. The average molecular weight is 179 g/mol. The van der Waals surface area contributed by atoms with Crippen LogP contribution in [-0.2, 0) is 17.9 Å². The highest BCUT2D eigenvalue weighted by Gasteiger charge is 1.98. The molecule has 0 N–H and O–H groups in total. The molecule has 0 radical (unpaired) electrons. The molecule has 1 aromatic heterocycles. The Labute approximate surface area is 75.2 Å². The van der Waals surface area contributed by atoms with Crippen LogP contribution < -0.4 is 5.56 Å². The van der Waals surface area contributed by atoms with Crippen LogP contribution >= 0.6 is 0 Å². The van der Waals surface area contributed by atoms with Gasteiger partial charge in [-0.05, 0) is 0 Å². The van der Waals surface area contributed by atoms with Crippen LogP contribution in [0, 0.1) is 11.3 Å². The highest BCUT2D eigenvalue weighted by atomic mass is 16.5. The van der Waals surface area contributed by atoms with Gasteiger partial charge in [0.2, 0.25) is 0 Å². The van der Waals surface area contributed by atoms with Crippen molar-refractivity contribution in [2.45, 2.75) is 13.2 Å². The maximum Gasteiger partial charge on any atom is 0.254 e. The van der Waals surface area contributed by atoms with Gasteiger partial charge in [-0.3, -0.25) is 9.36 Å². The Hall–Kier alpha value is -1.67.